The van der Waals surface area contributed by atoms with Crippen LogP contribution in [-0.2, 0) is 14.3 Å². The average Bonchev–Trinajstić information content (AvgIpc) is 2.63. The van der Waals surface area contributed by atoms with Crippen LogP contribution in [0.5, 0.6) is 0 Å². The van der Waals surface area contributed by atoms with E-state index in [-0.39, 0.29) is 64.9 Å². The third kappa shape index (κ3) is 27.6. The van der Waals surface area contributed by atoms with E-state index in [4.69, 9.17) is 0 Å². The summed E-state index contributed by atoms with van der Waals surface area (Å²) >= 11 is 0. The van der Waals surface area contributed by atoms with E-state index in [9.17, 15) is 8.42 Å². The summed E-state index contributed by atoms with van der Waals surface area (Å²) in [5.41, 5.74) is 0. The van der Waals surface area contributed by atoms with Crippen LogP contribution in [0.3, 0.4) is 0 Å². The van der Waals surface area contributed by atoms with Crippen molar-refractivity contribution >= 4 is 69.2 Å². The minimum absolute atomic E-state index is 0. The molecule has 4 nitrogen and oxygen atoms in total. The molecule has 7 heteroatoms. The zero-order valence-corrected chi connectivity index (χ0v) is 24.1. The molecule has 0 saturated carbocycles. The van der Waals surface area contributed by atoms with Gasteiger partial charge >= 0.3 is 0 Å². The molecule has 0 atom stereocenters. The standard InChI is InChI=1S/C21H43NO3S.2Na/c1-3-4-5-6-7-8-9-10-11-12-13-14-15-16-17-18-19-22-20-21-26(23,24)25-2;;/h10-11,22H,3-9,12-21H2,1-2H3;;/b11-10-;;. The van der Waals surface area contributed by atoms with E-state index in [1.54, 1.807) is 0 Å². The molecule has 0 fully saturated rings. The maximum atomic E-state index is 11.1. The fraction of sp³-hybridized carbons (Fsp3) is 0.905. The van der Waals surface area contributed by atoms with Crippen LogP contribution in [0.25, 0.3) is 0 Å². The Morgan fingerprint density at radius 1 is 0.714 bits per heavy atom. The molecule has 0 rings (SSSR count). The summed E-state index contributed by atoms with van der Waals surface area (Å²) in [5.74, 6) is 0.0515. The first-order chi connectivity index (χ1) is 12.6. The van der Waals surface area contributed by atoms with Crippen molar-refractivity contribution in [3.8, 4) is 0 Å². The minimum Gasteiger partial charge on any atom is -0.316 e. The summed E-state index contributed by atoms with van der Waals surface area (Å²) in [7, 11) is -2.10. The summed E-state index contributed by atoms with van der Waals surface area (Å²) in [6, 6.07) is 0. The first-order valence-corrected chi connectivity index (χ1v) is 12.3. The Hall–Kier alpha value is 1.61. The van der Waals surface area contributed by atoms with Crippen molar-refractivity contribution in [3.05, 3.63) is 12.2 Å². The van der Waals surface area contributed by atoms with Gasteiger partial charge in [-0.2, -0.15) is 8.42 Å². The average molecular weight is 436 g/mol. The molecule has 0 spiro atoms. The summed E-state index contributed by atoms with van der Waals surface area (Å²) in [6.45, 7) is 3.63. The van der Waals surface area contributed by atoms with Crippen molar-refractivity contribution in [2.45, 2.75) is 96.8 Å². The quantitative estimate of drug-likeness (QED) is 0.129. The maximum Gasteiger partial charge on any atom is 0.268 e. The molecule has 1 N–H and O–H groups in total. The molecular weight excluding hydrogens is 392 g/mol. The van der Waals surface area contributed by atoms with Gasteiger partial charge in [-0.1, -0.05) is 76.9 Å². The van der Waals surface area contributed by atoms with Crippen LogP contribution in [-0.4, -0.2) is 93.5 Å². The minimum atomic E-state index is -3.31. The van der Waals surface area contributed by atoms with Gasteiger partial charge in [-0.25, -0.2) is 0 Å². The predicted molar refractivity (Wildman–Crippen MR) is 125 cm³/mol. The Kier molecular flexibility index (Phi) is 32.6. The second kappa shape index (κ2) is 26.6. The van der Waals surface area contributed by atoms with Gasteiger partial charge in [0.1, 0.15) is 0 Å². The molecule has 0 heterocycles. The van der Waals surface area contributed by atoms with Crippen LogP contribution in [0, 0.1) is 0 Å². The van der Waals surface area contributed by atoms with Crippen LogP contribution in [0.1, 0.15) is 96.8 Å². The number of allylic oxidation sites excluding steroid dienone is 2. The van der Waals surface area contributed by atoms with E-state index in [0.717, 1.165) is 13.0 Å². The van der Waals surface area contributed by atoms with Gasteiger partial charge in [0.05, 0.1) is 12.9 Å². The van der Waals surface area contributed by atoms with Crippen molar-refractivity contribution in [1.29, 1.82) is 0 Å². The summed E-state index contributed by atoms with van der Waals surface area (Å²) in [5, 5.41) is 3.16. The van der Waals surface area contributed by atoms with Gasteiger partial charge in [0, 0.05) is 65.7 Å². The van der Waals surface area contributed by atoms with Crippen LogP contribution >= 0.6 is 0 Å². The Labute approximate surface area is 220 Å². The third-order valence-corrected chi connectivity index (χ3v) is 5.86. The van der Waals surface area contributed by atoms with Gasteiger partial charge in [0.15, 0.2) is 0 Å². The summed E-state index contributed by atoms with van der Waals surface area (Å²) in [6.07, 6.45) is 23.0. The molecule has 2 radical (unpaired) electrons. The van der Waals surface area contributed by atoms with Gasteiger partial charge in [-0.15, -0.1) is 0 Å². The predicted octanol–water partition coefficient (Wildman–Crippen LogP) is 4.83. The van der Waals surface area contributed by atoms with Gasteiger partial charge in [0.25, 0.3) is 10.1 Å². The molecule has 0 unspecified atom stereocenters. The second-order valence-corrected chi connectivity index (χ2v) is 8.97. The monoisotopic (exact) mass is 435 g/mol. The van der Waals surface area contributed by atoms with Gasteiger partial charge in [0.2, 0.25) is 0 Å². The third-order valence-electron chi connectivity index (χ3n) is 4.65. The molecule has 0 aliphatic carbocycles. The van der Waals surface area contributed by atoms with Crippen molar-refractivity contribution in [2.75, 3.05) is 26.0 Å². The van der Waals surface area contributed by atoms with E-state index in [0.29, 0.717) is 6.54 Å². The first kappa shape index (κ1) is 34.2. The van der Waals surface area contributed by atoms with Crippen molar-refractivity contribution in [3.63, 3.8) is 0 Å². The fourth-order valence-corrected chi connectivity index (χ4v) is 3.46. The number of unbranched alkanes of at least 4 members (excludes halogenated alkanes) is 12. The molecule has 0 saturated heterocycles. The molecule has 0 aromatic heterocycles. The van der Waals surface area contributed by atoms with E-state index >= 15 is 0 Å². The molecule has 0 aromatic rings. The van der Waals surface area contributed by atoms with Crippen LogP contribution in [0.4, 0.5) is 0 Å². The normalized spacial score (nSPS) is 11.4. The molecule has 0 aromatic carbocycles. The number of rotatable bonds is 20. The van der Waals surface area contributed by atoms with Gasteiger partial charge in [-0.05, 0) is 38.6 Å². The molecule has 158 valence electrons. The number of hydrogen-bond donors (Lipinski definition) is 1. The second-order valence-electron chi connectivity index (χ2n) is 7.12. The topological polar surface area (TPSA) is 55.4 Å². The molecule has 0 aliphatic heterocycles. The summed E-state index contributed by atoms with van der Waals surface area (Å²) in [4.78, 5) is 0. The molecule has 0 bridgehead atoms. The van der Waals surface area contributed by atoms with E-state index in [1.165, 1.54) is 90.6 Å². The summed E-state index contributed by atoms with van der Waals surface area (Å²) < 4.78 is 26.6. The Morgan fingerprint density at radius 2 is 1.18 bits per heavy atom. The van der Waals surface area contributed by atoms with E-state index in [2.05, 4.69) is 28.6 Å². The Morgan fingerprint density at radius 3 is 1.68 bits per heavy atom. The number of nitrogens with one attached hydrogen (secondary N) is 1. The maximum absolute atomic E-state index is 11.1. The van der Waals surface area contributed by atoms with Crippen LogP contribution in [0.2, 0.25) is 0 Å². The first-order valence-electron chi connectivity index (χ1n) is 10.8. The molecule has 0 aliphatic rings. The van der Waals surface area contributed by atoms with Crippen LogP contribution < -0.4 is 5.32 Å². The van der Waals surface area contributed by atoms with E-state index < -0.39 is 10.1 Å². The van der Waals surface area contributed by atoms with Crippen molar-refractivity contribution in [2.24, 2.45) is 0 Å². The Balaban J connectivity index is -0.00000312. The fourth-order valence-electron chi connectivity index (χ4n) is 2.90. The van der Waals surface area contributed by atoms with Gasteiger partial charge in [-0.3, -0.25) is 4.18 Å². The smallest absolute Gasteiger partial charge is 0.268 e. The largest absolute Gasteiger partial charge is 0.316 e. The SMILES string of the molecule is CCCCCCCC/C=C\CCCCCCCCNCCS(=O)(=O)OC.[Na].[Na]. The van der Waals surface area contributed by atoms with Crippen LogP contribution in [0.15, 0.2) is 12.2 Å². The van der Waals surface area contributed by atoms with Crippen molar-refractivity contribution in [1.82, 2.24) is 5.32 Å². The van der Waals surface area contributed by atoms with Crippen molar-refractivity contribution < 1.29 is 12.6 Å². The zero-order chi connectivity index (χ0) is 19.3. The Bertz CT molecular complexity index is 418. The van der Waals surface area contributed by atoms with E-state index in [1.807, 2.05) is 0 Å². The zero-order valence-electron chi connectivity index (χ0n) is 19.3. The molecular formula is C21H43NNa2O3S. The molecule has 28 heavy (non-hydrogen) atoms. The number of hydrogen-bond acceptors (Lipinski definition) is 4. The van der Waals surface area contributed by atoms with Gasteiger partial charge < -0.3 is 5.32 Å². The molecule has 0 amide bonds.